The van der Waals surface area contributed by atoms with Crippen LogP contribution in [0, 0.1) is 6.57 Å². The Kier molecular flexibility index (Phi) is 11.8. The Balaban J connectivity index is 1.21. The van der Waals surface area contributed by atoms with Gasteiger partial charge >= 0.3 is 6.09 Å². The number of carbonyl (C=O) groups is 2. The maximum Gasteiger partial charge on any atom is 0.407 e. The molecule has 0 saturated heterocycles. The van der Waals surface area contributed by atoms with Crippen molar-refractivity contribution in [2.24, 2.45) is 0 Å². The molecule has 11 heteroatoms. The number of hydrogen-bond donors (Lipinski definition) is 2. The molecule has 0 radical (unpaired) electrons. The lowest BCUT2D eigenvalue weighted by molar-refractivity contribution is 0.0146. The first kappa shape index (κ1) is 30.1. The Labute approximate surface area is 233 Å². The summed E-state index contributed by atoms with van der Waals surface area (Å²) in [7, 11) is 0. The number of fused-ring (bicyclic) bond motifs is 1. The van der Waals surface area contributed by atoms with Gasteiger partial charge in [0.25, 0.3) is 5.91 Å². The molecule has 2 N–H and O–H groups in total. The van der Waals surface area contributed by atoms with Crippen molar-refractivity contribution in [3.63, 3.8) is 0 Å². The second-order valence-electron chi connectivity index (χ2n) is 9.59. The summed E-state index contributed by atoms with van der Waals surface area (Å²) in [5, 5.41) is 6.58. The third kappa shape index (κ3) is 10.7. The van der Waals surface area contributed by atoms with Crippen molar-refractivity contribution in [3.05, 3.63) is 63.8 Å². The van der Waals surface area contributed by atoms with Gasteiger partial charge in [-0.3, -0.25) is 4.79 Å². The standard InChI is InChI=1S/C28H36N4O6S/c1-28(2,3)38-27(34)31-11-14-36-16-18-37-17-15-35-13-10-30-26(33)25-8-7-23(39-25)20-32-12-9-21-5-6-22(29-4)19-24(21)32/h5-9,12,19H,10-11,13-18,20H2,1-3H3,(H,30,33)(H,31,34). The summed E-state index contributed by atoms with van der Waals surface area (Å²) in [5.41, 5.74) is 1.09. The van der Waals surface area contributed by atoms with Crippen molar-refractivity contribution in [3.8, 4) is 0 Å². The van der Waals surface area contributed by atoms with Crippen molar-refractivity contribution < 1.29 is 28.5 Å². The molecule has 2 aromatic heterocycles. The summed E-state index contributed by atoms with van der Waals surface area (Å²) >= 11 is 1.45. The Hall–Kier alpha value is -3.43. The molecular formula is C28H36N4O6S. The maximum atomic E-state index is 12.5. The molecule has 210 valence electrons. The second kappa shape index (κ2) is 15.2. The fourth-order valence-corrected chi connectivity index (χ4v) is 4.46. The number of hydrogen-bond acceptors (Lipinski definition) is 7. The van der Waals surface area contributed by atoms with Crippen LogP contribution in [-0.4, -0.2) is 74.9 Å². The maximum absolute atomic E-state index is 12.5. The van der Waals surface area contributed by atoms with Crippen LogP contribution >= 0.6 is 11.3 Å². The van der Waals surface area contributed by atoms with Gasteiger partial charge in [0.15, 0.2) is 5.69 Å². The third-order valence-electron chi connectivity index (χ3n) is 5.29. The molecule has 2 heterocycles. The topological polar surface area (TPSA) is 104 Å². The fourth-order valence-electron chi connectivity index (χ4n) is 3.54. The summed E-state index contributed by atoms with van der Waals surface area (Å²) in [4.78, 5) is 29.2. The quantitative estimate of drug-likeness (QED) is 0.209. The van der Waals surface area contributed by atoms with E-state index in [0.717, 1.165) is 15.8 Å². The van der Waals surface area contributed by atoms with Gasteiger partial charge in [-0.25, -0.2) is 9.64 Å². The number of carbonyl (C=O) groups excluding carboxylic acids is 2. The van der Waals surface area contributed by atoms with Crippen LogP contribution in [-0.2, 0) is 25.5 Å². The Morgan fingerprint density at radius 3 is 2.26 bits per heavy atom. The third-order valence-corrected chi connectivity index (χ3v) is 6.36. The van der Waals surface area contributed by atoms with E-state index in [4.69, 9.17) is 25.5 Å². The van der Waals surface area contributed by atoms with E-state index < -0.39 is 11.7 Å². The smallest absolute Gasteiger partial charge is 0.407 e. The van der Waals surface area contributed by atoms with Crippen LogP contribution in [0.2, 0.25) is 0 Å². The molecular weight excluding hydrogens is 520 g/mol. The summed E-state index contributed by atoms with van der Waals surface area (Å²) in [6.07, 6.45) is 1.54. The number of aromatic nitrogens is 1. The highest BCUT2D eigenvalue weighted by Crippen LogP contribution is 2.25. The molecule has 3 aromatic rings. The highest BCUT2D eigenvalue weighted by molar-refractivity contribution is 7.14. The van der Waals surface area contributed by atoms with Crippen LogP contribution in [0.4, 0.5) is 10.5 Å². The number of nitrogens with zero attached hydrogens (tertiary/aromatic N) is 2. The first-order valence-electron chi connectivity index (χ1n) is 12.8. The van der Waals surface area contributed by atoms with Crippen molar-refractivity contribution in [1.82, 2.24) is 15.2 Å². The molecule has 0 bridgehead atoms. The van der Waals surface area contributed by atoms with Gasteiger partial charge < -0.3 is 34.1 Å². The van der Waals surface area contributed by atoms with Gasteiger partial charge in [0.1, 0.15) is 5.60 Å². The van der Waals surface area contributed by atoms with Gasteiger partial charge in [0, 0.05) is 29.7 Å². The number of ether oxygens (including phenoxy) is 4. The average Bonchev–Trinajstić information content (AvgIpc) is 3.53. The molecule has 0 unspecified atom stereocenters. The minimum atomic E-state index is -0.521. The van der Waals surface area contributed by atoms with E-state index in [1.54, 1.807) is 0 Å². The number of rotatable bonds is 15. The zero-order valence-electron chi connectivity index (χ0n) is 22.7. The summed E-state index contributed by atoms with van der Waals surface area (Å²) < 4.78 is 23.6. The van der Waals surface area contributed by atoms with Crippen molar-refractivity contribution >= 4 is 39.9 Å². The summed E-state index contributed by atoms with van der Waals surface area (Å²) in [6.45, 7) is 16.5. The van der Waals surface area contributed by atoms with Gasteiger partial charge in [-0.1, -0.05) is 12.1 Å². The molecule has 3 rings (SSSR count). The first-order valence-corrected chi connectivity index (χ1v) is 13.6. The van der Waals surface area contributed by atoms with Gasteiger partial charge in [-0.05, 0) is 50.4 Å². The lowest BCUT2D eigenvalue weighted by Gasteiger charge is -2.19. The minimum absolute atomic E-state index is 0.128. The van der Waals surface area contributed by atoms with Gasteiger partial charge in [-0.2, -0.15) is 0 Å². The van der Waals surface area contributed by atoms with Crippen LogP contribution in [0.25, 0.3) is 15.7 Å². The van der Waals surface area contributed by atoms with Crippen LogP contribution < -0.4 is 10.6 Å². The average molecular weight is 557 g/mol. The lowest BCUT2D eigenvalue weighted by atomic mass is 10.2. The van der Waals surface area contributed by atoms with E-state index in [-0.39, 0.29) is 5.91 Å². The van der Waals surface area contributed by atoms with Gasteiger partial charge in [0.05, 0.1) is 57.6 Å². The van der Waals surface area contributed by atoms with E-state index in [1.165, 1.54) is 11.3 Å². The molecule has 0 spiro atoms. The molecule has 2 amide bonds. The molecule has 0 atom stereocenters. The van der Waals surface area contributed by atoms with Gasteiger partial charge in [0.2, 0.25) is 0 Å². The van der Waals surface area contributed by atoms with E-state index in [1.807, 2.05) is 63.4 Å². The van der Waals surface area contributed by atoms with Crippen molar-refractivity contribution in [1.29, 1.82) is 0 Å². The van der Waals surface area contributed by atoms with Gasteiger partial charge in [-0.15, -0.1) is 11.3 Å². The SMILES string of the molecule is [C-]#[N+]c1ccc2ccn(Cc3ccc(C(=O)NCCOCCOCCOCCNC(=O)OC(C)(C)C)s3)c2c1. The molecule has 0 aliphatic rings. The van der Waals surface area contributed by atoms with Crippen LogP contribution in [0.15, 0.2) is 42.6 Å². The van der Waals surface area contributed by atoms with E-state index in [0.29, 0.717) is 69.8 Å². The highest BCUT2D eigenvalue weighted by atomic mass is 32.1. The van der Waals surface area contributed by atoms with E-state index in [9.17, 15) is 9.59 Å². The normalized spacial score (nSPS) is 11.3. The fraction of sp³-hybridized carbons (Fsp3) is 0.464. The molecule has 0 aliphatic heterocycles. The summed E-state index contributed by atoms with van der Waals surface area (Å²) in [5.74, 6) is -0.128. The van der Waals surface area contributed by atoms with Crippen molar-refractivity contribution in [2.75, 3.05) is 52.7 Å². The zero-order chi connectivity index (χ0) is 28.1. The van der Waals surface area contributed by atoms with E-state index in [2.05, 4.69) is 20.0 Å². The Morgan fingerprint density at radius 1 is 0.923 bits per heavy atom. The molecule has 1 aromatic carbocycles. The lowest BCUT2D eigenvalue weighted by Crippen LogP contribution is -2.34. The highest BCUT2D eigenvalue weighted by Gasteiger charge is 2.15. The number of benzene rings is 1. The molecule has 39 heavy (non-hydrogen) atoms. The van der Waals surface area contributed by atoms with Crippen molar-refractivity contribution in [2.45, 2.75) is 32.9 Å². The largest absolute Gasteiger partial charge is 0.444 e. The van der Waals surface area contributed by atoms with Crippen LogP contribution in [0.3, 0.4) is 0 Å². The minimum Gasteiger partial charge on any atom is -0.444 e. The van der Waals surface area contributed by atoms with Crippen LogP contribution in [0.5, 0.6) is 0 Å². The number of alkyl carbamates (subject to hydrolysis) is 1. The molecule has 10 nitrogen and oxygen atoms in total. The second-order valence-corrected chi connectivity index (χ2v) is 10.8. The molecule has 0 aliphatic carbocycles. The number of amides is 2. The first-order chi connectivity index (χ1) is 18.7. The predicted molar refractivity (Wildman–Crippen MR) is 151 cm³/mol. The summed E-state index contributed by atoms with van der Waals surface area (Å²) in [6, 6.07) is 11.5. The zero-order valence-corrected chi connectivity index (χ0v) is 23.5. The van der Waals surface area contributed by atoms with E-state index >= 15 is 0 Å². The number of nitrogens with one attached hydrogen (secondary N) is 2. The molecule has 0 fully saturated rings. The Bertz CT molecular complexity index is 1260. The van der Waals surface area contributed by atoms with Crippen LogP contribution in [0.1, 0.15) is 35.3 Å². The Morgan fingerprint density at radius 2 is 1.59 bits per heavy atom. The predicted octanol–water partition coefficient (Wildman–Crippen LogP) is 4.61. The monoisotopic (exact) mass is 556 g/mol. The number of thiophene rings is 1. The molecule has 0 saturated carbocycles.